The molecule has 7 heteroatoms. The first-order valence-corrected chi connectivity index (χ1v) is 10.5. The first-order valence-electron chi connectivity index (χ1n) is 9.58. The largest absolute Gasteiger partial charge is 0.311 e. The van der Waals surface area contributed by atoms with Crippen molar-refractivity contribution in [1.29, 1.82) is 0 Å². The Morgan fingerprint density at radius 1 is 1.07 bits per heavy atom. The summed E-state index contributed by atoms with van der Waals surface area (Å²) >= 11 is 1.39. The molecule has 0 bridgehead atoms. The SMILES string of the molecule is CCN(C(=O)Cn1cncc(-c2nc(-c3ccccc3)cs2)c1=O)c1ccccc1. The minimum Gasteiger partial charge on any atom is -0.311 e. The second-order valence-corrected chi connectivity index (χ2v) is 7.48. The molecule has 0 aliphatic heterocycles. The summed E-state index contributed by atoms with van der Waals surface area (Å²) in [5, 5.41) is 2.50. The zero-order valence-corrected chi connectivity index (χ0v) is 17.2. The number of aromatic nitrogens is 3. The van der Waals surface area contributed by atoms with Crippen LogP contribution in [0, 0.1) is 0 Å². The normalized spacial score (nSPS) is 10.7. The van der Waals surface area contributed by atoms with E-state index in [9.17, 15) is 9.59 Å². The molecule has 0 atom stereocenters. The highest BCUT2D eigenvalue weighted by atomic mass is 32.1. The maximum atomic E-state index is 13.0. The molecule has 0 spiro atoms. The van der Waals surface area contributed by atoms with E-state index in [4.69, 9.17) is 0 Å². The molecule has 2 heterocycles. The van der Waals surface area contributed by atoms with Gasteiger partial charge < -0.3 is 4.90 Å². The number of hydrogen-bond acceptors (Lipinski definition) is 5. The van der Waals surface area contributed by atoms with Crippen molar-refractivity contribution in [2.45, 2.75) is 13.5 Å². The lowest BCUT2D eigenvalue weighted by molar-refractivity contribution is -0.119. The van der Waals surface area contributed by atoms with Gasteiger partial charge in [0.05, 0.1) is 17.6 Å². The van der Waals surface area contributed by atoms with Crippen molar-refractivity contribution in [1.82, 2.24) is 14.5 Å². The van der Waals surface area contributed by atoms with Crippen molar-refractivity contribution in [3.05, 3.63) is 88.9 Å². The highest BCUT2D eigenvalue weighted by molar-refractivity contribution is 7.13. The van der Waals surface area contributed by atoms with Crippen LogP contribution in [0.5, 0.6) is 0 Å². The quantitative estimate of drug-likeness (QED) is 0.475. The van der Waals surface area contributed by atoms with Crippen molar-refractivity contribution in [3.63, 3.8) is 0 Å². The maximum absolute atomic E-state index is 13.0. The average Bonchev–Trinajstić information content (AvgIpc) is 3.27. The van der Waals surface area contributed by atoms with Crippen LogP contribution in [0.25, 0.3) is 21.8 Å². The summed E-state index contributed by atoms with van der Waals surface area (Å²) in [5.74, 6) is -0.172. The van der Waals surface area contributed by atoms with Crippen LogP contribution in [0.3, 0.4) is 0 Å². The van der Waals surface area contributed by atoms with E-state index >= 15 is 0 Å². The van der Waals surface area contributed by atoms with E-state index in [0.717, 1.165) is 16.9 Å². The monoisotopic (exact) mass is 416 g/mol. The van der Waals surface area contributed by atoms with Gasteiger partial charge in [-0.25, -0.2) is 9.97 Å². The third kappa shape index (κ3) is 4.06. The molecule has 6 nitrogen and oxygen atoms in total. The first-order chi connectivity index (χ1) is 14.7. The second kappa shape index (κ2) is 8.84. The van der Waals surface area contributed by atoms with Gasteiger partial charge >= 0.3 is 0 Å². The zero-order chi connectivity index (χ0) is 20.9. The van der Waals surface area contributed by atoms with Crippen LogP contribution in [0.15, 0.2) is 83.4 Å². The lowest BCUT2D eigenvalue weighted by Crippen LogP contribution is -2.36. The standard InChI is InChI=1S/C23H20N4O2S/c1-2-27(18-11-7-4-8-12-18)21(28)14-26-16-24-13-19(23(26)29)22-25-20(15-30-22)17-9-5-3-6-10-17/h3-13,15-16H,2,14H2,1H3. The van der Waals surface area contributed by atoms with Gasteiger partial charge in [-0.3, -0.25) is 14.2 Å². The molecule has 1 amide bonds. The molecule has 0 unspecified atom stereocenters. The summed E-state index contributed by atoms with van der Waals surface area (Å²) in [7, 11) is 0. The molecule has 2 aromatic carbocycles. The van der Waals surface area contributed by atoms with Crippen LogP contribution >= 0.6 is 11.3 Å². The third-order valence-electron chi connectivity index (χ3n) is 4.70. The van der Waals surface area contributed by atoms with Crippen LogP contribution in [-0.2, 0) is 11.3 Å². The Bertz CT molecular complexity index is 1200. The smallest absolute Gasteiger partial charge is 0.264 e. The molecular weight excluding hydrogens is 396 g/mol. The van der Waals surface area contributed by atoms with Crippen molar-refractivity contribution >= 4 is 22.9 Å². The Balaban J connectivity index is 1.60. The predicted octanol–water partition coefficient (Wildman–Crippen LogP) is 4.09. The fraction of sp³-hybridized carbons (Fsp3) is 0.130. The molecule has 2 aromatic heterocycles. The molecule has 0 radical (unpaired) electrons. The molecule has 150 valence electrons. The molecule has 4 rings (SSSR count). The zero-order valence-electron chi connectivity index (χ0n) is 16.4. The number of benzene rings is 2. The fourth-order valence-corrected chi connectivity index (χ4v) is 4.02. The van der Waals surface area contributed by atoms with Gasteiger partial charge in [0.25, 0.3) is 5.56 Å². The van der Waals surface area contributed by atoms with Crippen molar-refractivity contribution in [3.8, 4) is 21.8 Å². The molecule has 0 aliphatic carbocycles. The van der Waals surface area contributed by atoms with Gasteiger partial charge in [0.2, 0.25) is 5.91 Å². The van der Waals surface area contributed by atoms with E-state index in [0.29, 0.717) is 17.1 Å². The number of thiazole rings is 1. The molecular formula is C23H20N4O2S. The fourth-order valence-electron chi connectivity index (χ4n) is 3.19. The van der Waals surface area contributed by atoms with Gasteiger partial charge in [-0.15, -0.1) is 11.3 Å². The summed E-state index contributed by atoms with van der Waals surface area (Å²) in [6, 6.07) is 19.2. The Hall–Kier alpha value is -3.58. The highest BCUT2D eigenvalue weighted by Gasteiger charge is 2.17. The second-order valence-electron chi connectivity index (χ2n) is 6.62. The van der Waals surface area contributed by atoms with Gasteiger partial charge in [-0.05, 0) is 19.1 Å². The molecule has 0 fully saturated rings. The number of carbonyl (C=O) groups is 1. The van der Waals surface area contributed by atoms with Crippen LogP contribution in [0.2, 0.25) is 0 Å². The van der Waals surface area contributed by atoms with Crippen molar-refractivity contribution in [2.75, 3.05) is 11.4 Å². The number of nitrogens with zero attached hydrogens (tertiary/aromatic N) is 4. The predicted molar refractivity (Wildman–Crippen MR) is 120 cm³/mol. The summed E-state index contributed by atoms with van der Waals surface area (Å²) in [6.07, 6.45) is 2.90. The lowest BCUT2D eigenvalue weighted by Gasteiger charge is -2.21. The number of hydrogen-bond donors (Lipinski definition) is 0. The summed E-state index contributed by atoms with van der Waals surface area (Å²) in [6.45, 7) is 2.33. The number of likely N-dealkylation sites (N-methyl/N-ethyl adjacent to an activating group) is 1. The van der Waals surface area contributed by atoms with Gasteiger partial charge in [0, 0.05) is 29.4 Å². The summed E-state index contributed by atoms with van der Waals surface area (Å²) < 4.78 is 1.34. The summed E-state index contributed by atoms with van der Waals surface area (Å²) in [5.41, 5.74) is 2.70. The van der Waals surface area contributed by atoms with Crippen LogP contribution in [0.4, 0.5) is 5.69 Å². The van der Waals surface area contributed by atoms with E-state index in [1.54, 1.807) is 4.90 Å². The molecule has 30 heavy (non-hydrogen) atoms. The van der Waals surface area contributed by atoms with Gasteiger partial charge in [-0.1, -0.05) is 48.5 Å². The molecule has 0 saturated heterocycles. The number of carbonyl (C=O) groups excluding carboxylic acids is 1. The van der Waals surface area contributed by atoms with E-state index in [1.807, 2.05) is 73.0 Å². The number of para-hydroxylation sites is 1. The molecule has 4 aromatic rings. The molecule has 0 saturated carbocycles. The lowest BCUT2D eigenvalue weighted by atomic mass is 10.2. The van der Waals surface area contributed by atoms with Crippen LogP contribution in [-0.4, -0.2) is 27.0 Å². The van der Waals surface area contributed by atoms with E-state index in [2.05, 4.69) is 9.97 Å². The number of rotatable bonds is 6. The third-order valence-corrected chi connectivity index (χ3v) is 5.57. The minimum atomic E-state index is -0.281. The Morgan fingerprint density at radius 3 is 2.47 bits per heavy atom. The average molecular weight is 417 g/mol. The first kappa shape index (κ1) is 19.7. The van der Waals surface area contributed by atoms with Gasteiger partial charge in [-0.2, -0.15) is 0 Å². The Labute approximate surface area is 178 Å². The minimum absolute atomic E-state index is 0.0840. The Morgan fingerprint density at radius 2 is 1.77 bits per heavy atom. The van der Waals surface area contributed by atoms with E-state index in [-0.39, 0.29) is 18.0 Å². The van der Waals surface area contributed by atoms with E-state index < -0.39 is 0 Å². The number of amides is 1. The van der Waals surface area contributed by atoms with Crippen LogP contribution in [0.1, 0.15) is 6.92 Å². The van der Waals surface area contributed by atoms with Gasteiger partial charge in [0.1, 0.15) is 11.6 Å². The maximum Gasteiger partial charge on any atom is 0.264 e. The Kier molecular flexibility index (Phi) is 5.81. The molecule has 0 aliphatic rings. The highest BCUT2D eigenvalue weighted by Crippen LogP contribution is 2.26. The van der Waals surface area contributed by atoms with Crippen LogP contribution < -0.4 is 10.5 Å². The van der Waals surface area contributed by atoms with E-state index in [1.165, 1.54) is 28.4 Å². The molecule has 0 N–H and O–H groups in total. The number of anilines is 1. The van der Waals surface area contributed by atoms with Crippen molar-refractivity contribution in [2.24, 2.45) is 0 Å². The van der Waals surface area contributed by atoms with Crippen molar-refractivity contribution < 1.29 is 4.79 Å². The van der Waals surface area contributed by atoms with Gasteiger partial charge in [0.15, 0.2) is 0 Å². The topological polar surface area (TPSA) is 68.1 Å². The summed E-state index contributed by atoms with van der Waals surface area (Å²) in [4.78, 5) is 36.3.